The van der Waals surface area contributed by atoms with E-state index in [0.29, 0.717) is 0 Å². The van der Waals surface area contributed by atoms with Gasteiger partial charge in [-0.05, 0) is 12.8 Å². The van der Waals surface area contributed by atoms with Crippen molar-refractivity contribution in [3.63, 3.8) is 0 Å². The van der Waals surface area contributed by atoms with Crippen molar-refractivity contribution < 1.29 is 0 Å². The average molecular weight is 151 g/mol. The van der Waals surface area contributed by atoms with Crippen molar-refractivity contribution >= 4 is 0 Å². The molecule has 0 atom stereocenters. The summed E-state index contributed by atoms with van der Waals surface area (Å²) < 4.78 is 0. The van der Waals surface area contributed by atoms with Crippen LogP contribution < -0.4 is 5.43 Å². The van der Waals surface area contributed by atoms with Crippen LogP contribution in [0.4, 0.5) is 0 Å². The molecule has 60 valence electrons. The molecule has 1 aromatic rings. The van der Waals surface area contributed by atoms with Gasteiger partial charge in [-0.15, -0.1) is 0 Å². The number of aromatic amines is 1. The molecule has 11 heavy (non-hydrogen) atoms. The Balaban J connectivity index is 3.12. The van der Waals surface area contributed by atoms with Crippen molar-refractivity contribution in [3.05, 3.63) is 33.7 Å². The topological polar surface area (TPSA) is 32.9 Å². The molecule has 0 aliphatic carbocycles. The number of aryl methyl sites for hydroxylation is 2. The standard InChI is InChI=1S/C9H13NO/c1-3-7-5-9(11)6-8(4-2)10-7/h5-6H,3-4H2,1-2H3,(H,10,11). The quantitative estimate of drug-likeness (QED) is 0.682. The molecule has 1 rings (SSSR count). The van der Waals surface area contributed by atoms with Gasteiger partial charge in [0.2, 0.25) is 0 Å². The van der Waals surface area contributed by atoms with Gasteiger partial charge in [0.15, 0.2) is 5.43 Å². The van der Waals surface area contributed by atoms with Gasteiger partial charge in [-0.1, -0.05) is 13.8 Å². The summed E-state index contributed by atoms with van der Waals surface area (Å²) in [7, 11) is 0. The van der Waals surface area contributed by atoms with Gasteiger partial charge in [0.1, 0.15) is 0 Å². The van der Waals surface area contributed by atoms with E-state index in [2.05, 4.69) is 4.98 Å². The largest absolute Gasteiger partial charge is 0.362 e. The van der Waals surface area contributed by atoms with Crippen molar-refractivity contribution in [1.29, 1.82) is 0 Å². The van der Waals surface area contributed by atoms with Gasteiger partial charge in [-0.25, -0.2) is 0 Å². The second-order valence-electron chi connectivity index (χ2n) is 2.57. The number of nitrogens with one attached hydrogen (secondary N) is 1. The maximum Gasteiger partial charge on any atom is 0.182 e. The van der Waals surface area contributed by atoms with Crippen LogP contribution in [0.5, 0.6) is 0 Å². The number of hydrogen-bond acceptors (Lipinski definition) is 1. The Bertz CT molecular complexity index is 263. The Kier molecular flexibility index (Phi) is 2.47. The van der Waals surface area contributed by atoms with Crippen LogP contribution in [-0.2, 0) is 12.8 Å². The van der Waals surface area contributed by atoms with Crippen LogP contribution in [0.1, 0.15) is 25.2 Å². The molecule has 0 saturated carbocycles. The molecular weight excluding hydrogens is 138 g/mol. The fraction of sp³-hybridized carbons (Fsp3) is 0.444. The van der Waals surface area contributed by atoms with Gasteiger partial charge in [0.05, 0.1) is 0 Å². The van der Waals surface area contributed by atoms with Gasteiger partial charge in [0.25, 0.3) is 0 Å². The van der Waals surface area contributed by atoms with Crippen molar-refractivity contribution in [1.82, 2.24) is 4.98 Å². The average Bonchev–Trinajstić information content (AvgIpc) is 2.03. The molecular formula is C9H13NO. The predicted molar refractivity (Wildman–Crippen MR) is 45.8 cm³/mol. The molecule has 0 aromatic carbocycles. The van der Waals surface area contributed by atoms with Crippen LogP contribution >= 0.6 is 0 Å². The first kappa shape index (κ1) is 8.05. The van der Waals surface area contributed by atoms with Crippen LogP contribution in [0.25, 0.3) is 0 Å². The molecule has 0 unspecified atom stereocenters. The monoisotopic (exact) mass is 151 g/mol. The molecule has 0 spiro atoms. The molecule has 0 saturated heterocycles. The molecule has 2 nitrogen and oxygen atoms in total. The zero-order chi connectivity index (χ0) is 8.27. The summed E-state index contributed by atoms with van der Waals surface area (Å²) in [5, 5.41) is 0. The van der Waals surface area contributed by atoms with E-state index in [-0.39, 0.29) is 5.43 Å². The summed E-state index contributed by atoms with van der Waals surface area (Å²) in [4.78, 5) is 14.2. The smallest absolute Gasteiger partial charge is 0.182 e. The van der Waals surface area contributed by atoms with Gasteiger partial charge in [-0.3, -0.25) is 4.79 Å². The van der Waals surface area contributed by atoms with E-state index in [1.165, 1.54) is 0 Å². The molecule has 1 heterocycles. The lowest BCUT2D eigenvalue weighted by atomic mass is 10.2. The molecule has 0 bridgehead atoms. The summed E-state index contributed by atoms with van der Waals surface area (Å²) in [6.45, 7) is 4.06. The number of pyridine rings is 1. The third kappa shape index (κ3) is 1.93. The first-order valence-corrected chi connectivity index (χ1v) is 3.98. The van der Waals surface area contributed by atoms with E-state index in [9.17, 15) is 4.79 Å². The maximum absolute atomic E-state index is 11.0. The molecule has 1 N–H and O–H groups in total. The summed E-state index contributed by atoms with van der Waals surface area (Å²) in [5.41, 5.74) is 2.15. The molecule has 0 aliphatic rings. The number of aromatic nitrogens is 1. The highest BCUT2D eigenvalue weighted by Gasteiger charge is 1.94. The number of hydrogen-bond donors (Lipinski definition) is 1. The molecule has 0 amide bonds. The fourth-order valence-corrected chi connectivity index (χ4v) is 1.04. The summed E-state index contributed by atoms with van der Waals surface area (Å²) in [6.07, 6.45) is 1.78. The zero-order valence-corrected chi connectivity index (χ0v) is 6.98. The summed E-state index contributed by atoms with van der Waals surface area (Å²) >= 11 is 0. The lowest BCUT2D eigenvalue weighted by molar-refractivity contribution is 0.948. The minimum Gasteiger partial charge on any atom is -0.362 e. The zero-order valence-electron chi connectivity index (χ0n) is 6.98. The lowest BCUT2D eigenvalue weighted by Crippen LogP contribution is -2.05. The Morgan fingerprint density at radius 3 is 2.00 bits per heavy atom. The van der Waals surface area contributed by atoms with Gasteiger partial charge < -0.3 is 4.98 Å². The van der Waals surface area contributed by atoms with E-state index in [4.69, 9.17) is 0 Å². The Labute approximate surface area is 66.3 Å². The van der Waals surface area contributed by atoms with Crippen molar-refractivity contribution in [3.8, 4) is 0 Å². The van der Waals surface area contributed by atoms with Crippen molar-refractivity contribution in [2.75, 3.05) is 0 Å². The Hall–Kier alpha value is -1.05. The highest BCUT2D eigenvalue weighted by atomic mass is 16.1. The van der Waals surface area contributed by atoms with E-state index >= 15 is 0 Å². The van der Waals surface area contributed by atoms with E-state index < -0.39 is 0 Å². The highest BCUT2D eigenvalue weighted by Crippen LogP contribution is 1.95. The first-order chi connectivity index (χ1) is 5.26. The number of H-pyrrole nitrogens is 1. The minimum atomic E-state index is 0.109. The van der Waals surface area contributed by atoms with Gasteiger partial charge in [-0.2, -0.15) is 0 Å². The Morgan fingerprint density at radius 1 is 1.18 bits per heavy atom. The van der Waals surface area contributed by atoms with E-state index in [0.717, 1.165) is 24.2 Å². The second-order valence-corrected chi connectivity index (χ2v) is 2.57. The van der Waals surface area contributed by atoms with Crippen molar-refractivity contribution in [2.24, 2.45) is 0 Å². The first-order valence-electron chi connectivity index (χ1n) is 3.98. The van der Waals surface area contributed by atoms with Gasteiger partial charge >= 0.3 is 0 Å². The third-order valence-electron chi connectivity index (χ3n) is 1.72. The second kappa shape index (κ2) is 3.37. The molecule has 1 aromatic heterocycles. The third-order valence-corrected chi connectivity index (χ3v) is 1.72. The van der Waals surface area contributed by atoms with Crippen LogP contribution in [0.15, 0.2) is 16.9 Å². The minimum absolute atomic E-state index is 0.109. The maximum atomic E-state index is 11.0. The van der Waals surface area contributed by atoms with E-state index in [1.54, 1.807) is 12.1 Å². The molecule has 2 heteroatoms. The normalized spacial score (nSPS) is 10.0. The SMILES string of the molecule is CCc1cc(=O)cc(CC)[nH]1. The van der Waals surface area contributed by atoms with Gasteiger partial charge in [0, 0.05) is 23.5 Å². The number of rotatable bonds is 2. The van der Waals surface area contributed by atoms with Crippen LogP contribution in [-0.4, -0.2) is 4.98 Å². The fourth-order valence-electron chi connectivity index (χ4n) is 1.04. The van der Waals surface area contributed by atoms with E-state index in [1.807, 2.05) is 13.8 Å². The Morgan fingerprint density at radius 2 is 1.64 bits per heavy atom. The lowest BCUT2D eigenvalue weighted by Gasteiger charge is -1.99. The molecule has 0 aliphatic heterocycles. The summed E-state index contributed by atoms with van der Waals surface area (Å²) in [5.74, 6) is 0. The summed E-state index contributed by atoms with van der Waals surface area (Å²) in [6, 6.07) is 3.30. The molecule has 0 radical (unpaired) electrons. The predicted octanol–water partition coefficient (Wildman–Crippen LogP) is 1.50. The van der Waals surface area contributed by atoms with Crippen LogP contribution in [0.3, 0.4) is 0 Å². The van der Waals surface area contributed by atoms with Crippen LogP contribution in [0, 0.1) is 0 Å². The van der Waals surface area contributed by atoms with Crippen molar-refractivity contribution in [2.45, 2.75) is 26.7 Å². The molecule has 0 fully saturated rings. The van der Waals surface area contributed by atoms with Crippen LogP contribution in [0.2, 0.25) is 0 Å². The highest BCUT2D eigenvalue weighted by molar-refractivity contribution is 5.11.